The standard InChI is InChI=1S/C8H16ClNO/c1-3-5-10(6-4-2)8(11)7-9/h3-7H2,1-2H3. The van der Waals surface area contributed by atoms with Crippen LogP contribution in [0, 0.1) is 0 Å². The minimum atomic E-state index is 0.0513. The first-order chi connectivity index (χ1) is 5.26. The average molecular weight is 178 g/mol. The van der Waals surface area contributed by atoms with Gasteiger partial charge in [0.25, 0.3) is 0 Å². The maximum absolute atomic E-state index is 11.1. The van der Waals surface area contributed by atoms with E-state index in [2.05, 4.69) is 13.8 Å². The maximum Gasteiger partial charge on any atom is 0.237 e. The van der Waals surface area contributed by atoms with E-state index in [1.165, 1.54) is 0 Å². The van der Waals surface area contributed by atoms with E-state index in [-0.39, 0.29) is 11.8 Å². The van der Waals surface area contributed by atoms with Gasteiger partial charge in [-0.05, 0) is 12.8 Å². The van der Waals surface area contributed by atoms with Crippen LogP contribution in [0.1, 0.15) is 26.7 Å². The molecule has 0 unspecified atom stereocenters. The van der Waals surface area contributed by atoms with E-state index in [1.807, 2.05) is 4.90 Å². The van der Waals surface area contributed by atoms with Crippen LogP contribution in [-0.4, -0.2) is 29.8 Å². The summed E-state index contributed by atoms with van der Waals surface area (Å²) >= 11 is 5.43. The number of hydrogen-bond donors (Lipinski definition) is 0. The normalized spacial score (nSPS) is 9.73. The van der Waals surface area contributed by atoms with Gasteiger partial charge in [0.15, 0.2) is 0 Å². The topological polar surface area (TPSA) is 20.3 Å². The Morgan fingerprint density at radius 2 is 1.73 bits per heavy atom. The van der Waals surface area contributed by atoms with Crippen molar-refractivity contribution in [2.75, 3.05) is 19.0 Å². The van der Waals surface area contributed by atoms with Gasteiger partial charge in [-0.3, -0.25) is 4.79 Å². The highest BCUT2D eigenvalue weighted by molar-refractivity contribution is 6.27. The Kier molecular flexibility index (Phi) is 6.33. The van der Waals surface area contributed by atoms with Gasteiger partial charge in [-0.15, -0.1) is 11.6 Å². The Bertz CT molecular complexity index is 111. The van der Waals surface area contributed by atoms with Crippen molar-refractivity contribution < 1.29 is 4.79 Å². The molecule has 0 aromatic rings. The highest BCUT2D eigenvalue weighted by Gasteiger charge is 2.08. The number of amides is 1. The fourth-order valence-corrected chi connectivity index (χ4v) is 1.15. The molecule has 11 heavy (non-hydrogen) atoms. The van der Waals surface area contributed by atoms with Gasteiger partial charge in [0, 0.05) is 13.1 Å². The molecule has 0 rings (SSSR count). The van der Waals surface area contributed by atoms with E-state index < -0.39 is 0 Å². The molecule has 0 radical (unpaired) electrons. The van der Waals surface area contributed by atoms with Crippen LogP contribution in [-0.2, 0) is 4.79 Å². The van der Waals surface area contributed by atoms with Crippen molar-refractivity contribution in [3.8, 4) is 0 Å². The van der Waals surface area contributed by atoms with Crippen molar-refractivity contribution in [2.24, 2.45) is 0 Å². The van der Waals surface area contributed by atoms with Crippen LogP contribution in [0.5, 0.6) is 0 Å². The first-order valence-electron chi connectivity index (χ1n) is 4.10. The zero-order valence-corrected chi connectivity index (χ0v) is 8.02. The van der Waals surface area contributed by atoms with Gasteiger partial charge < -0.3 is 4.90 Å². The van der Waals surface area contributed by atoms with Crippen LogP contribution in [0.15, 0.2) is 0 Å². The van der Waals surface area contributed by atoms with Gasteiger partial charge in [0.05, 0.1) is 0 Å². The van der Waals surface area contributed by atoms with Gasteiger partial charge >= 0.3 is 0 Å². The van der Waals surface area contributed by atoms with Crippen LogP contribution in [0.25, 0.3) is 0 Å². The molecule has 0 heterocycles. The summed E-state index contributed by atoms with van der Waals surface area (Å²) in [5.74, 6) is 0.162. The number of alkyl halides is 1. The quantitative estimate of drug-likeness (QED) is 0.588. The third-order valence-electron chi connectivity index (χ3n) is 1.45. The first-order valence-corrected chi connectivity index (χ1v) is 4.63. The third kappa shape index (κ3) is 4.25. The lowest BCUT2D eigenvalue weighted by molar-refractivity contribution is -0.128. The summed E-state index contributed by atoms with van der Waals surface area (Å²) in [5.41, 5.74) is 0. The maximum atomic E-state index is 11.1. The molecule has 0 aliphatic rings. The van der Waals surface area contributed by atoms with Gasteiger partial charge in [-0.1, -0.05) is 13.8 Å². The van der Waals surface area contributed by atoms with Crippen LogP contribution in [0.2, 0.25) is 0 Å². The minimum absolute atomic E-state index is 0.0513. The van der Waals surface area contributed by atoms with Crippen molar-refractivity contribution in [3.63, 3.8) is 0 Å². The largest absolute Gasteiger partial charge is 0.342 e. The van der Waals surface area contributed by atoms with Crippen molar-refractivity contribution in [2.45, 2.75) is 26.7 Å². The lowest BCUT2D eigenvalue weighted by Gasteiger charge is -2.19. The molecular formula is C8H16ClNO. The Morgan fingerprint density at radius 3 is 2.00 bits per heavy atom. The molecule has 0 aliphatic carbocycles. The Morgan fingerprint density at radius 1 is 1.27 bits per heavy atom. The Balaban J connectivity index is 3.76. The summed E-state index contributed by atoms with van der Waals surface area (Å²) in [5, 5.41) is 0. The van der Waals surface area contributed by atoms with Crippen LogP contribution >= 0.6 is 11.6 Å². The van der Waals surface area contributed by atoms with Crippen LogP contribution in [0.4, 0.5) is 0 Å². The lowest BCUT2D eigenvalue weighted by Crippen LogP contribution is -2.33. The summed E-state index contributed by atoms with van der Waals surface area (Å²) in [4.78, 5) is 12.9. The SMILES string of the molecule is CCCN(CCC)C(=O)CCl. The molecule has 0 aromatic carbocycles. The predicted octanol–water partition coefficient (Wildman–Crippen LogP) is 1.87. The van der Waals surface area contributed by atoms with Gasteiger partial charge in [0.2, 0.25) is 5.91 Å². The smallest absolute Gasteiger partial charge is 0.237 e. The van der Waals surface area contributed by atoms with Gasteiger partial charge in [0.1, 0.15) is 5.88 Å². The summed E-state index contributed by atoms with van der Waals surface area (Å²) in [6.07, 6.45) is 2.01. The average Bonchev–Trinajstić information content (AvgIpc) is 2.03. The molecule has 0 spiro atoms. The number of nitrogens with zero attached hydrogens (tertiary/aromatic N) is 1. The lowest BCUT2D eigenvalue weighted by atomic mass is 10.3. The molecule has 0 atom stereocenters. The summed E-state index contributed by atoms with van der Waals surface area (Å²) < 4.78 is 0. The fraction of sp³-hybridized carbons (Fsp3) is 0.875. The molecule has 0 fully saturated rings. The van der Waals surface area contributed by atoms with E-state index in [0.717, 1.165) is 25.9 Å². The number of rotatable bonds is 5. The molecular weight excluding hydrogens is 162 g/mol. The molecule has 66 valence electrons. The monoisotopic (exact) mass is 177 g/mol. The predicted molar refractivity (Wildman–Crippen MR) is 47.9 cm³/mol. The van der Waals surface area contributed by atoms with Crippen LogP contribution in [0.3, 0.4) is 0 Å². The highest BCUT2D eigenvalue weighted by Crippen LogP contribution is 1.96. The molecule has 1 amide bonds. The molecule has 0 bridgehead atoms. The molecule has 0 saturated carbocycles. The van der Waals surface area contributed by atoms with Gasteiger partial charge in [-0.25, -0.2) is 0 Å². The summed E-state index contributed by atoms with van der Waals surface area (Å²) in [7, 11) is 0. The van der Waals surface area contributed by atoms with Crippen LogP contribution < -0.4 is 0 Å². The highest BCUT2D eigenvalue weighted by atomic mass is 35.5. The third-order valence-corrected chi connectivity index (χ3v) is 1.68. The molecule has 2 nitrogen and oxygen atoms in total. The molecule has 3 heteroatoms. The molecule has 0 saturated heterocycles. The van der Waals surface area contributed by atoms with E-state index in [9.17, 15) is 4.79 Å². The van der Waals surface area contributed by atoms with E-state index >= 15 is 0 Å². The Hall–Kier alpha value is -0.240. The zero-order valence-electron chi connectivity index (χ0n) is 7.27. The van der Waals surface area contributed by atoms with Gasteiger partial charge in [-0.2, -0.15) is 0 Å². The summed E-state index contributed by atoms with van der Waals surface area (Å²) in [6, 6.07) is 0. The van der Waals surface area contributed by atoms with E-state index in [1.54, 1.807) is 0 Å². The Labute approximate surface area is 73.5 Å². The number of halogens is 1. The van der Waals surface area contributed by atoms with Crippen molar-refractivity contribution in [1.82, 2.24) is 4.90 Å². The second-order valence-electron chi connectivity index (χ2n) is 2.51. The van der Waals surface area contributed by atoms with Crippen molar-refractivity contribution in [1.29, 1.82) is 0 Å². The van der Waals surface area contributed by atoms with E-state index in [4.69, 9.17) is 11.6 Å². The second-order valence-corrected chi connectivity index (χ2v) is 2.78. The van der Waals surface area contributed by atoms with E-state index in [0.29, 0.717) is 0 Å². The zero-order chi connectivity index (χ0) is 8.69. The number of hydrogen-bond acceptors (Lipinski definition) is 1. The number of carbonyl (C=O) groups excluding carboxylic acids is 1. The minimum Gasteiger partial charge on any atom is -0.342 e. The summed E-state index contributed by atoms with van der Waals surface area (Å²) in [6.45, 7) is 5.78. The molecule has 0 N–H and O–H groups in total. The number of carbonyl (C=O) groups is 1. The fourth-order valence-electron chi connectivity index (χ4n) is 0.986. The van der Waals surface area contributed by atoms with Crippen molar-refractivity contribution >= 4 is 17.5 Å². The molecule has 0 aliphatic heterocycles. The first kappa shape index (κ1) is 10.8. The molecule has 0 aromatic heterocycles. The second kappa shape index (κ2) is 6.47. The van der Waals surface area contributed by atoms with Crippen molar-refractivity contribution in [3.05, 3.63) is 0 Å².